The monoisotopic (exact) mass is 283 g/mol. The van der Waals surface area contributed by atoms with Crippen LogP contribution in [0.25, 0.3) is 0 Å². The lowest BCUT2D eigenvalue weighted by molar-refractivity contribution is 0.0948. The van der Waals surface area contributed by atoms with Gasteiger partial charge in [0.15, 0.2) is 10.9 Å². The predicted molar refractivity (Wildman–Crippen MR) is 67.8 cm³/mol. The number of thioether (sulfide) groups is 1. The highest BCUT2D eigenvalue weighted by molar-refractivity contribution is 7.99. The molecule has 102 valence electrons. The number of hydrazine groups is 1. The second-order valence-corrected chi connectivity index (χ2v) is 4.65. The molecule has 0 aliphatic carbocycles. The van der Waals surface area contributed by atoms with Crippen LogP contribution in [0.15, 0.2) is 11.4 Å². The second-order valence-electron chi connectivity index (χ2n) is 3.59. The van der Waals surface area contributed by atoms with Gasteiger partial charge in [0.1, 0.15) is 0 Å². The van der Waals surface area contributed by atoms with E-state index in [2.05, 4.69) is 20.5 Å². The SMILES string of the molecule is Cn1c(N)nnc1SCCn1cc(C(=O)NN)nn1. The quantitative estimate of drug-likeness (QED) is 0.257. The molecule has 0 saturated carbocycles. The number of carbonyl (C=O) groups excluding carboxylic acids is 1. The van der Waals surface area contributed by atoms with Gasteiger partial charge >= 0.3 is 0 Å². The van der Waals surface area contributed by atoms with Crippen molar-refractivity contribution < 1.29 is 4.79 Å². The molecule has 0 spiro atoms. The van der Waals surface area contributed by atoms with E-state index in [1.54, 1.807) is 16.3 Å². The van der Waals surface area contributed by atoms with Crippen LogP contribution in [0.3, 0.4) is 0 Å². The van der Waals surface area contributed by atoms with Crippen LogP contribution >= 0.6 is 11.8 Å². The Morgan fingerprint density at radius 2 is 2.26 bits per heavy atom. The van der Waals surface area contributed by atoms with Gasteiger partial charge in [-0.25, -0.2) is 5.84 Å². The summed E-state index contributed by atoms with van der Waals surface area (Å²) in [5.41, 5.74) is 7.74. The van der Waals surface area contributed by atoms with E-state index in [0.717, 1.165) is 5.16 Å². The Morgan fingerprint density at radius 3 is 2.89 bits per heavy atom. The maximum absolute atomic E-state index is 11.2. The molecule has 0 aliphatic rings. The number of nitrogens with zero attached hydrogens (tertiary/aromatic N) is 6. The lowest BCUT2D eigenvalue weighted by Gasteiger charge is -2.01. The highest BCUT2D eigenvalue weighted by atomic mass is 32.2. The molecule has 1 amide bonds. The van der Waals surface area contributed by atoms with Crippen LogP contribution < -0.4 is 17.0 Å². The Balaban J connectivity index is 1.87. The molecular formula is C8H13N9OS. The number of nitrogen functional groups attached to an aromatic ring is 2. The minimum Gasteiger partial charge on any atom is -0.368 e. The summed E-state index contributed by atoms with van der Waals surface area (Å²) >= 11 is 1.48. The average Bonchev–Trinajstić information content (AvgIpc) is 3.00. The number of nitrogens with one attached hydrogen (secondary N) is 1. The zero-order valence-electron chi connectivity index (χ0n) is 10.1. The van der Waals surface area contributed by atoms with Crippen LogP contribution in [0.2, 0.25) is 0 Å². The molecule has 0 saturated heterocycles. The first kappa shape index (κ1) is 13.3. The number of aryl methyl sites for hydroxylation is 1. The summed E-state index contributed by atoms with van der Waals surface area (Å²) in [5, 5.41) is 15.9. The molecule has 2 aromatic heterocycles. The third-order valence-electron chi connectivity index (χ3n) is 2.32. The van der Waals surface area contributed by atoms with Crippen LogP contribution in [-0.2, 0) is 13.6 Å². The highest BCUT2D eigenvalue weighted by Gasteiger charge is 2.09. The smallest absolute Gasteiger partial charge is 0.287 e. The van der Waals surface area contributed by atoms with Crippen LogP contribution in [0, 0.1) is 0 Å². The zero-order chi connectivity index (χ0) is 13.8. The molecule has 0 radical (unpaired) electrons. The third-order valence-corrected chi connectivity index (χ3v) is 3.32. The average molecular weight is 283 g/mol. The fourth-order valence-corrected chi connectivity index (χ4v) is 2.11. The molecule has 2 heterocycles. The number of carbonyl (C=O) groups is 1. The molecule has 0 bridgehead atoms. The van der Waals surface area contributed by atoms with Gasteiger partial charge in [0.25, 0.3) is 5.91 Å². The molecular weight excluding hydrogens is 270 g/mol. The lowest BCUT2D eigenvalue weighted by Crippen LogP contribution is -2.30. The van der Waals surface area contributed by atoms with Crippen LogP contribution in [0.5, 0.6) is 0 Å². The number of nitrogens with two attached hydrogens (primary N) is 2. The van der Waals surface area contributed by atoms with Crippen molar-refractivity contribution in [2.75, 3.05) is 11.5 Å². The van der Waals surface area contributed by atoms with Crippen LogP contribution in [0.4, 0.5) is 5.95 Å². The predicted octanol–water partition coefficient (Wildman–Crippen LogP) is -1.62. The Kier molecular flexibility index (Phi) is 3.97. The van der Waals surface area contributed by atoms with Gasteiger partial charge in [-0.3, -0.25) is 19.5 Å². The first-order valence-corrected chi connectivity index (χ1v) is 6.29. The van der Waals surface area contributed by atoms with E-state index in [1.807, 2.05) is 5.43 Å². The van der Waals surface area contributed by atoms with Gasteiger partial charge in [0.2, 0.25) is 5.95 Å². The van der Waals surface area contributed by atoms with Gasteiger partial charge in [-0.1, -0.05) is 17.0 Å². The minimum absolute atomic E-state index is 0.176. The number of rotatable bonds is 5. The summed E-state index contributed by atoms with van der Waals surface area (Å²) < 4.78 is 3.25. The third kappa shape index (κ3) is 3.00. The molecule has 0 aromatic carbocycles. The van der Waals surface area contributed by atoms with Crippen molar-refractivity contribution >= 4 is 23.6 Å². The van der Waals surface area contributed by atoms with E-state index in [-0.39, 0.29) is 5.69 Å². The highest BCUT2D eigenvalue weighted by Crippen LogP contribution is 2.16. The van der Waals surface area contributed by atoms with Gasteiger partial charge in [0.05, 0.1) is 12.7 Å². The van der Waals surface area contributed by atoms with E-state index in [1.165, 1.54) is 18.0 Å². The van der Waals surface area contributed by atoms with E-state index >= 15 is 0 Å². The first-order chi connectivity index (χ1) is 9.11. The Bertz CT molecular complexity index is 577. The summed E-state index contributed by atoms with van der Waals surface area (Å²) in [7, 11) is 1.79. The van der Waals surface area contributed by atoms with Crippen molar-refractivity contribution in [1.82, 2.24) is 35.2 Å². The summed E-state index contributed by atoms with van der Waals surface area (Å²) in [5.74, 6) is 5.59. The van der Waals surface area contributed by atoms with Crippen LogP contribution in [0.1, 0.15) is 10.5 Å². The molecule has 19 heavy (non-hydrogen) atoms. The van der Waals surface area contributed by atoms with Crippen molar-refractivity contribution in [2.45, 2.75) is 11.7 Å². The molecule has 0 atom stereocenters. The van der Waals surface area contributed by atoms with E-state index in [0.29, 0.717) is 18.2 Å². The minimum atomic E-state index is -0.472. The number of amides is 1. The maximum Gasteiger partial charge on any atom is 0.287 e. The largest absolute Gasteiger partial charge is 0.368 e. The molecule has 0 aliphatic heterocycles. The van der Waals surface area contributed by atoms with Crippen molar-refractivity contribution in [1.29, 1.82) is 0 Å². The Labute approximate surface area is 112 Å². The second kappa shape index (κ2) is 5.67. The zero-order valence-corrected chi connectivity index (χ0v) is 11.0. The number of hydrogen-bond donors (Lipinski definition) is 3. The fraction of sp³-hybridized carbons (Fsp3) is 0.375. The van der Waals surface area contributed by atoms with Gasteiger partial charge in [-0.15, -0.1) is 15.3 Å². The molecule has 5 N–H and O–H groups in total. The summed E-state index contributed by atoms with van der Waals surface area (Å²) in [6, 6.07) is 0. The fourth-order valence-electron chi connectivity index (χ4n) is 1.27. The summed E-state index contributed by atoms with van der Waals surface area (Å²) in [6.45, 7) is 0.572. The molecule has 11 heteroatoms. The molecule has 0 fully saturated rings. The van der Waals surface area contributed by atoms with Gasteiger partial charge in [0, 0.05) is 12.8 Å². The summed E-state index contributed by atoms with van der Waals surface area (Å²) in [4.78, 5) is 11.2. The van der Waals surface area contributed by atoms with Gasteiger partial charge in [-0.2, -0.15) is 0 Å². The molecule has 0 unspecified atom stereocenters. The van der Waals surface area contributed by atoms with E-state index in [4.69, 9.17) is 11.6 Å². The molecule has 10 nitrogen and oxygen atoms in total. The van der Waals surface area contributed by atoms with Gasteiger partial charge < -0.3 is 5.73 Å². The standard InChI is InChI=1S/C8H13N9OS/c1-16-7(9)13-14-8(16)19-3-2-17-4-5(12-15-17)6(18)11-10/h4H,2-3,10H2,1H3,(H2,9,13)(H,11,18). The molecule has 2 aromatic rings. The summed E-state index contributed by atoms with van der Waals surface area (Å²) in [6.07, 6.45) is 1.52. The number of hydrogen-bond acceptors (Lipinski definition) is 8. The Hall–Kier alpha value is -2.14. The number of anilines is 1. The van der Waals surface area contributed by atoms with Crippen LogP contribution in [-0.4, -0.2) is 41.4 Å². The number of aromatic nitrogens is 6. The normalized spacial score (nSPS) is 10.6. The Morgan fingerprint density at radius 1 is 1.47 bits per heavy atom. The topological polar surface area (TPSA) is 143 Å². The van der Waals surface area contributed by atoms with Crippen molar-refractivity contribution in [3.63, 3.8) is 0 Å². The van der Waals surface area contributed by atoms with Gasteiger partial charge in [-0.05, 0) is 0 Å². The van der Waals surface area contributed by atoms with Crippen molar-refractivity contribution in [2.24, 2.45) is 12.9 Å². The molecule has 2 rings (SSSR count). The van der Waals surface area contributed by atoms with E-state index < -0.39 is 5.91 Å². The lowest BCUT2D eigenvalue weighted by atomic mass is 10.5. The van der Waals surface area contributed by atoms with E-state index in [9.17, 15) is 4.79 Å². The van der Waals surface area contributed by atoms with Crippen molar-refractivity contribution in [3.8, 4) is 0 Å². The first-order valence-electron chi connectivity index (χ1n) is 5.30. The van der Waals surface area contributed by atoms with Crippen molar-refractivity contribution in [3.05, 3.63) is 11.9 Å². The maximum atomic E-state index is 11.2.